The Bertz CT molecular complexity index is 750. The summed E-state index contributed by atoms with van der Waals surface area (Å²) in [4.78, 5) is 4.22. The molecule has 1 unspecified atom stereocenters. The molecule has 0 spiro atoms. The van der Waals surface area contributed by atoms with Crippen LogP contribution in [-0.2, 0) is 0 Å². The lowest BCUT2D eigenvalue weighted by molar-refractivity contribution is 0.338. The zero-order valence-electron chi connectivity index (χ0n) is 12.0. The monoisotopic (exact) mass is 278 g/mol. The van der Waals surface area contributed by atoms with Gasteiger partial charge in [0.15, 0.2) is 0 Å². The predicted molar refractivity (Wildman–Crippen MR) is 85.4 cm³/mol. The average molecular weight is 278 g/mol. The Morgan fingerprint density at radius 2 is 1.90 bits per heavy atom. The molecule has 1 atom stereocenters. The second-order valence-electron chi connectivity index (χ2n) is 4.93. The summed E-state index contributed by atoms with van der Waals surface area (Å²) in [5.41, 5.74) is 8.51. The van der Waals surface area contributed by atoms with Crippen molar-refractivity contribution in [2.45, 2.75) is 13.0 Å². The molecule has 1 heterocycles. The van der Waals surface area contributed by atoms with E-state index in [1.807, 2.05) is 31.2 Å². The summed E-state index contributed by atoms with van der Waals surface area (Å²) in [6, 6.07) is 16.2. The fourth-order valence-electron chi connectivity index (χ4n) is 2.55. The molecule has 0 radical (unpaired) electrons. The first-order valence-corrected chi connectivity index (χ1v) is 7.10. The number of fused-ring (bicyclic) bond motifs is 1. The van der Waals surface area contributed by atoms with Crippen molar-refractivity contribution in [3.05, 3.63) is 72.1 Å². The molecular weight excluding hydrogens is 260 g/mol. The van der Waals surface area contributed by atoms with Crippen molar-refractivity contribution in [1.29, 1.82) is 0 Å². The van der Waals surface area contributed by atoms with Gasteiger partial charge in [-0.15, -0.1) is 0 Å². The summed E-state index contributed by atoms with van der Waals surface area (Å²) in [5.74, 6) is 0.755. The number of pyridine rings is 1. The van der Waals surface area contributed by atoms with Gasteiger partial charge >= 0.3 is 0 Å². The molecule has 3 heteroatoms. The van der Waals surface area contributed by atoms with Gasteiger partial charge in [-0.05, 0) is 34.9 Å². The normalized spacial score (nSPS) is 12.3. The molecule has 0 aliphatic heterocycles. The smallest absolute Gasteiger partial charge is 0.137 e. The van der Waals surface area contributed by atoms with Gasteiger partial charge in [-0.1, -0.05) is 42.5 Å². The number of hydrogen-bond donors (Lipinski definition) is 1. The van der Waals surface area contributed by atoms with Crippen molar-refractivity contribution in [1.82, 2.24) is 4.98 Å². The summed E-state index contributed by atoms with van der Waals surface area (Å²) < 4.78 is 5.50. The third-order valence-electron chi connectivity index (χ3n) is 3.56. The maximum absolute atomic E-state index is 6.45. The standard InChI is InChI=1S/C18H18N2O/c1-2-21-15-10-14(11-20-12-15)18(19)17-9-5-7-13-6-3-4-8-16(13)17/h3-12,18H,2,19H2,1H3. The van der Waals surface area contributed by atoms with Crippen LogP contribution >= 0.6 is 0 Å². The molecule has 0 saturated carbocycles. The van der Waals surface area contributed by atoms with E-state index < -0.39 is 0 Å². The minimum Gasteiger partial charge on any atom is -0.492 e. The fourth-order valence-corrected chi connectivity index (χ4v) is 2.55. The molecule has 0 aliphatic carbocycles. The van der Waals surface area contributed by atoms with Crippen molar-refractivity contribution >= 4 is 10.8 Å². The first-order valence-electron chi connectivity index (χ1n) is 7.10. The van der Waals surface area contributed by atoms with Crippen LogP contribution in [0, 0.1) is 0 Å². The van der Waals surface area contributed by atoms with Gasteiger partial charge in [-0.25, -0.2) is 0 Å². The molecule has 21 heavy (non-hydrogen) atoms. The number of ether oxygens (including phenoxy) is 1. The van der Waals surface area contributed by atoms with Gasteiger partial charge in [0, 0.05) is 6.20 Å². The zero-order valence-corrected chi connectivity index (χ0v) is 12.0. The average Bonchev–Trinajstić information content (AvgIpc) is 2.54. The molecule has 0 saturated heterocycles. The fraction of sp³-hybridized carbons (Fsp3) is 0.167. The summed E-state index contributed by atoms with van der Waals surface area (Å²) in [6.45, 7) is 2.58. The number of nitrogens with two attached hydrogens (primary N) is 1. The second kappa shape index (κ2) is 5.94. The number of hydrogen-bond acceptors (Lipinski definition) is 3. The highest BCUT2D eigenvalue weighted by Crippen LogP contribution is 2.28. The Balaban J connectivity index is 2.04. The second-order valence-corrected chi connectivity index (χ2v) is 4.93. The van der Waals surface area contributed by atoms with Gasteiger partial charge < -0.3 is 10.5 Å². The molecule has 0 aliphatic rings. The molecule has 2 aromatic carbocycles. The Kier molecular flexibility index (Phi) is 3.84. The molecule has 2 N–H and O–H groups in total. The quantitative estimate of drug-likeness (QED) is 0.792. The molecule has 3 rings (SSSR count). The van der Waals surface area contributed by atoms with Crippen LogP contribution in [0.1, 0.15) is 24.1 Å². The molecule has 3 aromatic rings. The maximum Gasteiger partial charge on any atom is 0.137 e. The zero-order chi connectivity index (χ0) is 14.7. The van der Waals surface area contributed by atoms with E-state index in [0.29, 0.717) is 6.61 Å². The number of aromatic nitrogens is 1. The summed E-state index contributed by atoms with van der Waals surface area (Å²) >= 11 is 0. The van der Waals surface area contributed by atoms with Crippen LogP contribution in [0.2, 0.25) is 0 Å². The van der Waals surface area contributed by atoms with E-state index in [-0.39, 0.29) is 6.04 Å². The van der Waals surface area contributed by atoms with Gasteiger partial charge in [0.25, 0.3) is 0 Å². The van der Waals surface area contributed by atoms with Crippen molar-refractivity contribution in [3.8, 4) is 5.75 Å². The first-order chi connectivity index (χ1) is 10.3. The molecule has 1 aromatic heterocycles. The largest absolute Gasteiger partial charge is 0.492 e. The molecule has 106 valence electrons. The van der Waals surface area contributed by atoms with Crippen LogP contribution < -0.4 is 10.5 Å². The molecule has 0 bridgehead atoms. The van der Waals surface area contributed by atoms with Crippen LogP contribution in [0.4, 0.5) is 0 Å². The first kappa shape index (κ1) is 13.6. The van der Waals surface area contributed by atoms with E-state index in [4.69, 9.17) is 10.5 Å². The lowest BCUT2D eigenvalue weighted by Crippen LogP contribution is -2.12. The Morgan fingerprint density at radius 1 is 1.10 bits per heavy atom. The molecule has 0 fully saturated rings. The summed E-state index contributed by atoms with van der Waals surface area (Å²) in [7, 11) is 0. The number of nitrogens with zero attached hydrogens (tertiary/aromatic N) is 1. The molecule has 0 amide bonds. The van der Waals surface area contributed by atoms with Gasteiger partial charge in [0.1, 0.15) is 5.75 Å². The lowest BCUT2D eigenvalue weighted by Gasteiger charge is -2.15. The highest BCUT2D eigenvalue weighted by Gasteiger charge is 2.13. The van der Waals surface area contributed by atoms with E-state index in [9.17, 15) is 0 Å². The van der Waals surface area contributed by atoms with Crippen LogP contribution in [0.25, 0.3) is 10.8 Å². The predicted octanol–water partition coefficient (Wildman–Crippen LogP) is 3.68. The van der Waals surface area contributed by atoms with Gasteiger partial charge in [0.2, 0.25) is 0 Å². The van der Waals surface area contributed by atoms with Gasteiger partial charge in [-0.3, -0.25) is 4.98 Å². The Hall–Kier alpha value is -2.39. The minimum absolute atomic E-state index is 0.219. The summed E-state index contributed by atoms with van der Waals surface area (Å²) in [5, 5.41) is 2.37. The third kappa shape index (κ3) is 2.73. The van der Waals surface area contributed by atoms with Crippen molar-refractivity contribution < 1.29 is 4.74 Å². The highest BCUT2D eigenvalue weighted by atomic mass is 16.5. The van der Waals surface area contributed by atoms with Crippen molar-refractivity contribution in [2.75, 3.05) is 6.61 Å². The third-order valence-corrected chi connectivity index (χ3v) is 3.56. The van der Waals surface area contributed by atoms with E-state index in [2.05, 4.69) is 29.2 Å². The Labute approximate surface area is 124 Å². The van der Waals surface area contributed by atoms with Crippen LogP contribution in [0.15, 0.2) is 60.9 Å². The highest BCUT2D eigenvalue weighted by molar-refractivity contribution is 5.86. The molecule has 3 nitrogen and oxygen atoms in total. The SMILES string of the molecule is CCOc1cncc(C(N)c2cccc3ccccc23)c1. The van der Waals surface area contributed by atoms with E-state index in [0.717, 1.165) is 16.9 Å². The maximum atomic E-state index is 6.45. The molecular formula is C18H18N2O. The minimum atomic E-state index is -0.219. The topological polar surface area (TPSA) is 48.1 Å². The summed E-state index contributed by atoms with van der Waals surface area (Å²) in [6.07, 6.45) is 3.51. The number of rotatable bonds is 4. The van der Waals surface area contributed by atoms with Gasteiger partial charge in [-0.2, -0.15) is 0 Å². The van der Waals surface area contributed by atoms with Crippen LogP contribution in [0.5, 0.6) is 5.75 Å². The Morgan fingerprint density at radius 3 is 2.76 bits per heavy atom. The number of benzene rings is 2. The van der Waals surface area contributed by atoms with E-state index in [1.165, 1.54) is 10.8 Å². The van der Waals surface area contributed by atoms with Crippen LogP contribution in [-0.4, -0.2) is 11.6 Å². The lowest BCUT2D eigenvalue weighted by atomic mass is 9.95. The van der Waals surface area contributed by atoms with Crippen molar-refractivity contribution in [3.63, 3.8) is 0 Å². The van der Waals surface area contributed by atoms with Crippen molar-refractivity contribution in [2.24, 2.45) is 5.73 Å². The van der Waals surface area contributed by atoms with Crippen LogP contribution in [0.3, 0.4) is 0 Å². The van der Waals surface area contributed by atoms with Gasteiger partial charge in [0.05, 0.1) is 18.8 Å². The van der Waals surface area contributed by atoms with E-state index >= 15 is 0 Å². The van der Waals surface area contributed by atoms with E-state index in [1.54, 1.807) is 12.4 Å².